The van der Waals surface area contributed by atoms with Crippen LogP contribution >= 0.6 is 0 Å². The molecule has 0 bridgehead atoms. The SMILES string of the molecule is COCCCOc1ccnc(C[S+]([O-])c2nc3ccccc3n2S(=O)(=O)c2ccc(OCC(N)=O)c(OCC(N)=O)c2)c1C. The van der Waals surface area contributed by atoms with E-state index in [2.05, 4.69) is 9.97 Å². The maximum absolute atomic E-state index is 14.1. The van der Waals surface area contributed by atoms with Crippen molar-refractivity contribution in [1.82, 2.24) is 13.9 Å². The first-order valence-corrected chi connectivity index (χ1v) is 15.9. The van der Waals surface area contributed by atoms with Crippen molar-refractivity contribution in [2.75, 3.05) is 33.5 Å². The summed E-state index contributed by atoms with van der Waals surface area (Å²) < 4.78 is 64.5. The summed E-state index contributed by atoms with van der Waals surface area (Å²) in [5.74, 6) is -1.42. The first kappa shape index (κ1) is 32.5. The second kappa shape index (κ2) is 14.4. The normalized spacial score (nSPS) is 12.2. The summed E-state index contributed by atoms with van der Waals surface area (Å²) in [6.07, 6.45) is 2.20. The fourth-order valence-electron chi connectivity index (χ4n) is 4.08. The van der Waals surface area contributed by atoms with Gasteiger partial charge in [-0.25, -0.2) is 8.42 Å². The molecule has 4 rings (SSSR count). The van der Waals surface area contributed by atoms with E-state index in [0.29, 0.717) is 42.2 Å². The number of rotatable bonds is 16. The van der Waals surface area contributed by atoms with Crippen molar-refractivity contribution < 1.29 is 41.5 Å². The Morgan fingerprint density at radius 1 is 0.955 bits per heavy atom. The molecule has 1 unspecified atom stereocenters. The van der Waals surface area contributed by atoms with Crippen LogP contribution in [0.15, 0.2) is 64.8 Å². The molecule has 0 radical (unpaired) electrons. The summed E-state index contributed by atoms with van der Waals surface area (Å²) in [4.78, 5) is 31.1. The van der Waals surface area contributed by atoms with Crippen LogP contribution in [-0.2, 0) is 41.3 Å². The maximum Gasteiger partial charge on any atom is 0.338 e. The molecule has 0 aliphatic heterocycles. The lowest BCUT2D eigenvalue weighted by Gasteiger charge is -2.16. The summed E-state index contributed by atoms with van der Waals surface area (Å²) in [6.45, 7) is 1.60. The number of hydrogen-bond acceptors (Lipinski definition) is 11. The van der Waals surface area contributed by atoms with E-state index in [-0.39, 0.29) is 32.8 Å². The van der Waals surface area contributed by atoms with E-state index in [1.54, 1.807) is 38.3 Å². The predicted octanol–water partition coefficient (Wildman–Crippen LogP) is 1.43. The molecule has 0 fully saturated rings. The van der Waals surface area contributed by atoms with Gasteiger partial charge in [0, 0.05) is 49.1 Å². The predicted molar refractivity (Wildman–Crippen MR) is 159 cm³/mol. The minimum atomic E-state index is -4.47. The molecule has 234 valence electrons. The van der Waals surface area contributed by atoms with Gasteiger partial charge < -0.3 is 35.0 Å². The van der Waals surface area contributed by atoms with Crippen molar-refractivity contribution >= 4 is 44.0 Å². The third-order valence-corrected chi connectivity index (χ3v) is 9.20. The summed E-state index contributed by atoms with van der Waals surface area (Å²) >= 11 is -1.99. The first-order chi connectivity index (χ1) is 21.0. The zero-order chi connectivity index (χ0) is 31.9. The topological polar surface area (TPSA) is 211 Å². The molecule has 0 spiro atoms. The van der Waals surface area contributed by atoms with Crippen LogP contribution in [0.5, 0.6) is 17.2 Å². The zero-order valence-electron chi connectivity index (χ0n) is 23.9. The largest absolute Gasteiger partial charge is 0.609 e. The number of ether oxygens (including phenoxy) is 4. The second-order valence-electron chi connectivity index (χ2n) is 9.34. The lowest BCUT2D eigenvalue weighted by atomic mass is 10.2. The van der Waals surface area contributed by atoms with Gasteiger partial charge in [0.15, 0.2) is 30.5 Å². The number of aromatic nitrogens is 3. The van der Waals surface area contributed by atoms with Crippen molar-refractivity contribution in [2.24, 2.45) is 11.5 Å². The van der Waals surface area contributed by atoms with Crippen molar-refractivity contribution in [1.29, 1.82) is 0 Å². The van der Waals surface area contributed by atoms with Gasteiger partial charge >= 0.3 is 5.16 Å². The van der Waals surface area contributed by atoms with Crippen LogP contribution in [0.1, 0.15) is 17.7 Å². The molecule has 16 heteroatoms. The highest BCUT2D eigenvalue weighted by Crippen LogP contribution is 2.34. The lowest BCUT2D eigenvalue weighted by molar-refractivity contribution is -0.121. The fraction of sp³-hybridized carbons (Fsp3) is 0.286. The van der Waals surface area contributed by atoms with Crippen molar-refractivity contribution in [2.45, 2.75) is 29.1 Å². The highest BCUT2D eigenvalue weighted by molar-refractivity contribution is 7.93. The van der Waals surface area contributed by atoms with Crippen molar-refractivity contribution in [3.05, 3.63) is 66.0 Å². The van der Waals surface area contributed by atoms with Gasteiger partial charge in [0.2, 0.25) is 0 Å². The smallest absolute Gasteiger partial charge is 0.338 e. The third kappa shape index (κ3) is 7.57. The number of methoxy groups -OCH3 is 1. The summed E-state index contributed by atoms with van der Waals surface area (Å²) in [5, 5.41) is -0.229. The molecule has 44 heavy (non-hydrogen) atoms. The van der Waals surface area contributed by atoms with E-state index < -0.39 is 46.2 Å². The van der Waals surface area contributed by atoms with E-state index in [0.717, 1.165) is 10.0 Å². The monoisotopic (exact) mass is 645 g/mol. The molecule has 2 heterocycles. The molecule has 0 aliphatic carbocycles. The Morgan fingerprint density at radius 2 is 1.66 bits per heavy atom. The summed E-state index contributed by atoms with van der Waals surface area (Å²) in [7, 11) is -2.87. The zero-order valence-corrected chi connectivity index (χ0v) is 25.6. The molecular weight excluding hydrogens is 614 g/mol. The van der Waals surface area contributed by atoms with E-state index >= 15 is 0 Å². The van der Waals surface area contributed by atoms with Gasteiger partial charge in [-0.15, -0.1) is 0 Å². The highest BCUT2D eigenvalue weighted by Gasteiger charge is 2.33. The van der Waals surface area contributed by atoms with Gasteiger partial charge in [-0.1, -0.05) is 12.1 Å². The van der Waals surface area contributed by atoms with Gasteiger partial charge in [0.05, 0.1) is 28.2 Å². The summed E-state index contributed by atoms with van der Waals surface area (Å²) in [6, 6.07) is 11.7. The third-order valence-electron chi connectivity index (χ3n) is 6.16. The van der Waals surface area contributed by atoms with Gasteiger partial charge in [0.1, 0.15) is 5.75 Å². The average Bonchev–Trinajstić information content (AvgIpc) is 3.40. The van der Waals surface area contributed by atoms with Gasteiger partial charge in [-0.05, 0) is 37.3 Å². The molecular formula is C28H31N5O9S2. The Bertz CT molecular complexity index is 1760. The van der Waals surface area contributed by atoms with Gasteiger partial charge in [0.25, 0.3) is 21.8 Å². The fourth-order valence-corrected chi connectivity index (χ4v) is 7.14. The number of pyridine rings is 1. The average molecular weight is 646 g/mol. The number of carbonyl (C=O) groups excluding carboxylic acids is 2. The summed E-state index contributed by atoms with van der Waals surface area (Å²) in [5.41, 5.74) is 11.9. The number of nitrogens with two attached hydrogens (primary N) is 2. The molecule has 0 aliphatic rings. The highest BCUT2D eigenvalue weighted by atomic mass is 32.2. The number of imidazole rings is 1. The standard InChI is InChI=1S/C28H31N5O9S2/c1-18-21(31-11-10-23(18)40-13-5-12-39-2)17-43(36)28-32-20-6-3-4-7-22(20)33(28)44(37,38)19-8-9-24(41-15-26(29)34)25(14-19)42-16-27(30)35/h3-4,6-11,14H,5,12-13,15-17H2,1-2H3,(H2,29,34)(H2,30,35). The molecule has 4 N–H and O–H groups in total. The number of amides is 2. The Hall–Kier alpha value is -4.38. The molecule has 1 atom stereocenters. The number of hydrogen-bond donors (Lipinski definition) is 2. The van der Waals surface area contributed by atoms with Crippen molar-refractivity contribution in [3.8, 4) is 17.2 Å². The van der Waals surface area contributed by atoms with E-state index in [1.807, 2.05) is 0 Å². The second-order valence-corrected chi connectivity index (χ2v) is 12.5. The number of nitrogens with zero attached hydrogens (tertiary/aromatic N) is 3. The molecule has 0 saturated carbocycles. The van der Waals surface area contributed by atoms with E-state index in [9.17, 15) is 22.6 Å². The van der Waals surface area contributed by atoms with E-state index in [4.69, 9.17) is 30.4 Å². The van der Waals surface area contributed by atoms with Crippen molar-refractivity contribution in [3.63, 3.8) is 0 Å². The Morgan fingerprint density at radius 3 is 2.36 bits per heavy atom. The number of primary amides is 2. The van der Waals surface area contributed by atoms with Crippen LogP contribution in [0.4, 0.5) is 0 Å². The van der Waals surface area contributed by atoms with Crippen LogP contribution in [-0.4, -0.2) is 72.3 Å². The molecule has 4 aromatic rings. The van der Waals surface area contributed by atoms with Gasteiger partial charge in [-0.3, -0.25) is 14.6 Å². The molecule has 14 nitrogen and oxygen atoms in total. The van der Waals surface area contributed by atoms with Crippen LogP contribution in [0.3, 0.4) is 0 Å². The van der Waals surface area contributed by atoms with Crippen LogP contribution in [0.2, 0.25) is 0 Å². The Balaban J connectivity index is 1.73. The number of carbonyl (C=O) groups is 2. The number of fused-ring (bicyclic) bond motifs is 1. The minimum Gasteiger partial charge on any atom is -0.609 e. The molecule has 2 amide bonds. The van der Waals surface area contributed by atoms with E-state index in [1.165, 1.54) is 24.4 Å². The molecule has 2 aromatic carbocycles. The van der Waals surface area contributed by atoms with Crippen LogP contribution in [0, 0.1) is 6.92 Å². The van der Waals surface area contributed by atoms with Crippen LogP contribution < -0.4 is 25.7 Å². The first-order valence-electron chi connectivity index (χ1n) is 13.2. The number of benzene rings is 2. The van der Waals surface area contributed by atoms with Crippen LogP contribution in [0.25, 0.3) is 11.0 Å². The maximum atomic E-state index is 14.1. The quantitative estimate of drug-likeness (QED) is 0.131. The molecule has 2 aromatic heterocycles. The lowest BCUT2D eigenvalue weighted by Crippen LogP contribution is -2.23. The minimum absolute atomic E-state index is 0.0471. The molecule has 0 saturated heterocycles. The Kier molecular flexibility index (Phi) is 10.6. The number of para-hydroxylation sites is 2. The Labute approximate surface area is 256 Å². The van der Waals surface area contributed by atoms with Gasteiger partial charge in [-0.2, -0.15) is 8.96 Å².